The Kier molecular flexibility index (Phi) is 4.18. The van der Waals surface area contributed by atoms with Crippen LogP contribution in [-0.2, 0) is 0 Å². The SMILES string of the molecule is O=C(c1ccc(=O)[nH]c1)N1CCN(c2ccc(-n3ccnc3)nn2)CC1. The van der Waals surface area contributed by atoms with E-state index in [1.807, 2.05) is 18.3 Å². The first-order valence-electron chi connectivity index (χ1n) is 8.26. The van der Waals surface area contributed by atoms with Crippen molar-refractivity contribution in [3.05, 3.63) is 65.1 Å². The summed E-state index contributed by atoms with van der Waals surface area (Å²) >= 11 is 0. The number of aromatic nitrogens is 5. The number of aromatic amines is 1. The van der Waals surface area contributed by atoms with Crippen molar-refractivity contribution in [1.29, 1.82) is 0 Å². The van der Waals surface area contributed by atoms with E-state index in [1.165, 1.54) is 12.3 Å². The molecule has 9 nitrogen and oxygen atoms in total. The van der Waals surface area contributed by atoms with E-state index in [2.05, 4.69) is 25.1 Å². The number of imidazole rings is 1. The van der Waals surface area contributed by atoms with E-state index in [0.29, 0.717) is 37.6 Å². The van der Waals surface area contributed by atoms with Crippen LogP contribution < -0.4 is 10.5 Å². The number of rotatable bonds is 3. The zero-order chi connectivity index (χ0) is 17.9. The maximum absolute atomic E-state index is 12.5. The van der Waals surface area contributed by atoms with Gasteiger partial charge >= 0.3 is 0 Å². The number of nitrogens with one attached hydrogen (secondary N) is 1. The predicted octanol–water partition coefficient (Wildman–Crippen LogP) is 0.313. The number of nitrogens with zero attached hydrogens (tertiary/aromatic N) is 6. The lowest BCUT2D eigenvalue weighted by Crippen LogP contribution is -2.49. The standard InChI is InChI=1S/C17H17N7O2/c25-16-4-1-13(11-19-16)17(26)23-9-7-22(8-10-23)14-2-3-15(21-20-14)24-6-5-18-12-24/h1-6,11-12H,7-10H2,(H,19,25). The van der Waals surface area contributed by atoms with Crippen molar-refractivity contribution < 1.29 is 4.79 Å². The monoisotopic (exact) mass is 351 g/mol. The number of anilines is 1. The summed E-state index contributed by atoms with van der Waals surface area (Å²) in [6.07, 6.45) is 6.63. The first-order chi connectivity index (χ1) is 12.7. The number of pyridine rings is 1. The molecule has 0 aromatic carbocycles. The van der Waals surface area contributed by atoms with Gasteiger partial charge in [-0.3, -0.25) is 14.2 Å². The van der Waals surface area contributed by atoms with Crippen molar-refractivity contribution in [2.45, 2.75) is 0 Å². The van der Waals surface area contributed by atoms with E-state index < -0.39 is 0 Å². The molecule has 26 heavy (non-hydrogen) atoms. The van der Waals surface area contributed by atoms with Gasteiger partial charge in [0.1, 0.15) is 6.33 Å². The second kappa shape index (κ2) is 6.79. The van der Waals surface area contributed by atoms with Crippen molar-refractivity contribution in [2.75, 3.05) is 31.1 Å². The van der Waals surface area contributed by atoms with Gasteiger partial charge in [-0.15, -0.1) is 10.2 Å². The normalized spacial score (nSPS) is 14.5. The number of hydrogen-bond donors (Lipinski definition) is 1. The van der Waals surface area contributed by atoms with Gasteiger partial charge in [0.15, 0.2) is 11.6 Å². The Labute approximate surface area is 148 Å². The van der Waals surface area contributed by atoms with Gasteiger partial charge in [-0.2, -0.15) is 0 Å². The van der Waals surface area contributed by atoms with Gasteiger partial charge in [0.25, 0.3) is 5.91 Å². The highest BCUT2D eigenvalue weighted by atomic mass is 16.2. The van der Waals surface area contributed by atoms with E-state index in [4.69, 9.17) is 0 Å². The van der Waals surface area contributed by atoms with Crippen LogP contribution in [-0.4, -0.2) is 61.7 Å². The van der Waals surface area contributed by atoms with E-state index in [9.17, 15) is 9.59 Å². The second-order valence-electron chi connectivity index (χ2n) is 5.94. The molecule has 1 saturated heterocycles. The Hall–Kier alpha value is -3.49. The van der Waals surface area contributed by atoms with Crippen molar-refractivity contribution in [2.24, 2.45) is 0 Å². The van der Waals surface area contributed by atoms with E-state index >= 15 is 0 Å². The fraction of sp³-hybridized carbons (Fsp3) is 0.235. The molecule has 0 radical (unpaired) electrons. The molecule has 0 bridgehead atoms. The highest BCUT2D eigenvalue weighted by molar-refractivity contribution is 5.94. The summed E-state index contributed by atoms with van der Waals surface area (Å²) in [5.74, 6) is 1.41. The van der Waals surface area contributed by atoms with Crippen molar-refractivity contribution in [3.63, 3.8) is 0 Å². The van der Waals surface area contributed by atoms with Crippen LogP contribution in [0, 0.1) is 0 Å². The third-order valence-corrected chi connectivity index (χ3v) is 4.33. The van der Waals surface area contributed by atoms with Gasteiger partial charge in [-0.05, 0) is 18.2 Å². The van der Waals surface area contributed by atoms with Gasteiger partial charge in [-0.1, -0.05) is 0 Å². The van der Waals surface area contributed by atoms with E-state index in [0.717, 1.165) is 5.82 Å². The molecule has 1 fully saturated rings. The first-order valence-corrected chi connectivity index (χ1v) is 8.26. The molecule has 132 valence electrons. The predicted molar refractivity (Wildman–Crippen MR) is 94.3 cm³/mol. The maximum Gasteiger partial charge on any atom is 0.255 e. The fourth-order valence-electron chi connectivity index (χ4n) is 2.88. The molecular weight excluding hydrogens is 334 g/mol. The van der Waals surface area contributed by atoms with Crippen LogP contribution >= 0.6 is 0 Å². The van der Waals surface area contributed by atoms with Gasteiger partial charge < -0.3 is 14.8 Å². The van der Waals surface area contributed by atoms with Gasteiger partial charge in [-0.25, -0.2) is 4.98 Å². The Bertz CT molecular complexity index is 922. The molecule has 0 unspecified atom stereocenters. The van der Waals surface area contributed by atoms with Gasteiger partial charge in [0.2, 0.25) is 5.56 Å². The molecule has 0 saturated carbocycles. The molecule has 1 N–H and O–H groups in total. The summed E-state index contributed by atoms with van der Waals surface area (Å²) in [6, 6.07) is 6.72. The number of amides is 1. The quantitative estimate of drug-likeness (QED) is 0.729. The highest BCUT2D eigenvalue weighted by Gasteiger charge is 2.23. The lowest BCUT2D eigenvalue weighted by molar-refractivity contribution is 0.0746. The summed E-state index contributed by atoms with van der Waals surface area (Å²) in [5.41, 5.74) is 0.270. The first kappa shape index (κ1) is 16.0. The lowest BCUT2D eigenvalue weighted by atomic mass is 10.2. The summed E-state index contributed by atoms with van der Waals surface area (Å²) in [7, 11) is 0. The minimum absolute atomic E-state index is 0.0811. The Morgan fingerprint density at radius 3 is 2.38 bits per heavy atom. The van der Waals surface area contributed by atoms with Crippen molar-refractivity contribution >= 4 is 11.7 Å². The maximum atomic E-state index is 12.5. The molecule has 0 spiro atoms. The van der Waals surface area contributed by atoms with Crippen LogP contribution in [0.3, 0.4) is 0 Å². The van der Waals surface area contributed by atoms with Gasteiger partial charge in [0.05, 0.1) is 5.56 Å². The van der Waals surface area contributed by atoms with Crippen LogP contribution in [0.25, 0.3) is 5.82 Å². The summed E-state index contributed by atoms with van der Waals surface area (Å²) in [5, 5.41) is 8.50. The minimum atomic E-state index is -0.218. The fourth-order valence-corrected chi connectivity index (χ4v) is 2.88. The van der Waals surface area contributed by atoms with Gasteiger partial charge in [0, 0.05) is 50.8 Å². The van der Waals surface area contributed by atoms with E-state index in [1.54, 1.807) is 28.1 Å². The molecule has 0 aliphatic carbocycles. The topological polar surface area (TPSA) is 100 Å². The Morgan fingerprint density at radius 1 is 1.00 bits per heavy atom. The molecular formula is C17H17N7O2. The molecule has 4 rings (SSSR count). The average molecular weight is 351 g/mol. The van der Waals surface area contributed by atoms with Crippen molar-refractivity contribution in [1.82, 2.24) is 29.6 Å². The average Bonchev–Trinajstić information content (AvgIpc) is 3.23. The Morgan fingerprint density at radius 2 is 1.77 bits per heavy atom. The number of piperazine rings is 1. The number of hydrogen-bond acceptors (Lipinski definition) is 6. The summed E-state index contributed by atoms with van der Waals surface area (Å²) < 4.78 is 1.79. The smallest absolute Gasteiger partial charge is 0.255 e. The zero-order valence-corrected chi connectivity index (χ0v) is 13.9. The van der Waals surface area contributed by atoms with Crippen LogP contribution in [0.5, 0.6) is 0 Å². The second-order valence-corrected chi connectivity index (χ2v) is 5.94. The molecule has 1 aliphatic heterocycles. The third kappa shape index (κ3) is 3.18. The zero-order valence-electron chi connectivity index (χ0n) is 13.9. The molecule has 1 amide bonds. The molecule has 3 aromatic heterocycles. The third-order valence-electron chi connectivity index (χ3n) is 4.33. The molecule has 1 aliphatic rings. The summed E-state index contributed by atoms with van der Waals surface area (Å²) in [4.78, 5) is 34.0. The number of H-pyrrole nitrogens is 1. The van der Waals surface area contributed by atoms with Crippen LogP contribution in [0.15, 0.2) is 54.0 Å². The number of carbonyl (C=O) groups is 1. The molecule has 0 atom stereocenters. The molecule has 9 heteroatoms. The largest absolute Gasteiger partial charge is 0.352 e. The summed E-state index contributed by atoms with van der Waals surface area (Å²) in [6.45, 7) is 2.52. The van der Waals surface area contributed by atoms with Crippen LogP contribution in [0.2, 0.25) is 0 Å². The van der Waals surface area contributed by atoms with E-state index in [-0.39, 0.29) is 11.5 Å². The molecule has 3 aromatic rings. The van der Waals surface area contributed by atoms with Crippen LogP contribution in [0.4, 0.5) is 5.82 Å². The Balaban J connectivity index is 1.39. The van der Waals surface area contributed by atoms with Crippen molar-refractivity contribution in [3.8, 4) is 5.82 Å². The minimum Gasteiger partial charge on any atom is -0.352 e. The highest BCUT2D eigenvalue weighted by Crippen LogP contribution is 2.15. The number of carbonyl (C=O) groups excluding carboxylic acids is 1. The molecule has 4 heterocycles. The van der Waals surface area contributed by atoms with Crippen LogP contribution in [0.1, 0.15) is 10.4 Å². The lowest BCUT2D eigenvalue weighted by Gasteiger charge is -2.35.